The van der Waals surface area contributed by atoms with Crippen LogP contribution in [-0.2, 0) is 17.5 Å². The van der Waals surface area contributed by atoms with E-state index in [0.29, 0.717) is 25.2 Å². The molecule has 0 saturated carbocycles. The van der Waals surface area contributed by atoms with E-state index >= 15 is 0 Å². The van der Waals surface area contributed by atoms with Crippen LogP contribution in [0.2, 0.25) is 0 Å². The average molecular weight is 361 g/mol. The van der Waals surface area contributed by atoms with Gasteiger partial charge in [-0.2, -0.15) is 13.2 Å². The van der Waals surface area contributed by atoms with E-state index < -0.39 is 12.0 Å². The molecule has 4 rings (SSSR count). The highest BCUT2D eigenvalue weighted by atomic mass is 19.4. The van der Waals surface area contributed by atoms with E-state index in [1.165, 1.54) is 18.0 Å². The Hall–Kier alpha value is -2.25. The predicted molar refractivity (Wildman–Crippen MR) is 90.0 cm³/mol. The fraction of sp³-hybridized carbons (Fsp3) is 0.368. The molecular formula is C19H18F3N3O. The van der Waals surface area contributed by atoms with Crippen molar-refractivity contribution in [1.82, 2.24) is 14.9 Å². The Bertz CT molecular complexity index is 790. The molecular weight excluding hydrogens is 343 g/mol. The third-order valence-corrected chi connectivity index (χ3v) is 4.83. The molecule has 26 heavy (non-hydrogen) atoms. The summed E-state index contributed by atoms with van der Waals surface area (Å²) in [6.45, 7) is 2.02. The van der Waals surface area contributed by atoms with E-state index in [4.69, 9.17) is 4.74 Å². The molecule has 1 saturated heterocycles. The minimum absolute atomic E-state index is 0.0972. The highest BCUT2D eigenvalue weighted by Crippen LogP contribution is 2.34. The Balaban J connectivity index is 1.56. The van der Waals surface area contributed by atoms with Crippen molar-refractivity contribution in [2.45, 2.75) is 31.2 Å². The molecule has 1 fully saturated rings. The van der Waals surface area contributed by atoms with Gasteiger partial charge >= 0.3 is 6.18 Å². The van der Waals surface area contributed by atoms with Crippen molar-refractivity contribution < 1.29 is 17.9 Å². The average Bonchev–Trinajstić information content (AvgIpc) is 2.62. The van der Waals surface area contributed by atoms with Crippen molar-refractivity contribution >= 4 is 5.57 Å². The standard InChI is InChI=1S/C19H18F3N3O/c20-19(21,22)18-23-8-15(9-24-18)14-6-16-11-26-12-17(7-14)25(16)10-13-4-2-1-3-5-13/h1-6,8-9,16-17H,7,10-12H2. The summed E-state index contributed by atoms with van der Waals surface area (Å²) in [6.07, 6.45) is 0.801. The van der Waals surface area contributed by atoms with Crippen molar-refractivity contribution in [2.24, 2.45) is 0 Å². The monoisotopic (exact) mass is 361 g/mol. The van der Waals surface area contributed by atoms with Gasteiger partial charge in [-0.3, -0.25) is 4.90 Å². The first-order valence-electron chi connectivity index (χ1n) is 8.48. The van der Waals surface area contributed by atoms with E-state index in [2.05, 4.69) is 33.1 Å². The van der Waals surface area contributed by atoms with Gasteiger partial charge in [-0.05, 0) is 17.6 Å². The molecule has 1 aromatic heterocycles. The zero-order valence-corrected chi connectivity index (χ0v) is 14.0. The highest BCUT2D eigenvalue weighted by molar-refractivity contribution is 5.66. The van der Waals surface area contributed by atoms with Gasteiger partial charge in [-0.25, -0.2) is 9.97 Å². The van der Waals surface area contributed by atoms with Crippen LogP contribution in [0.25, 0.3) is 5.57 Å². The maximum Gasteiger partial charge on any atom is 0.451 e. The molecule has 2 aromatic rings. The Morgan fingerprint density at radius 3 is 2.46 bits per heavy atom. The first kappa shape index (κ1) is 17.2. The number of fused-ring (bicyclic) bond motifs is 2. The summed E-state index contributed by atoms with van der Waals surface area (Å²) in [6, 6.07) is 10.5. The number of aromatic nitrogens is 2. The number of ether oxygens (including phenoxy) is 1. The second-order valence-corrected chi connectivity index (χ2v) is 6.61. The largest absolute Gasteiger partial charge is 0.451 e. The smallest absolute Gasteiger partial charge is 0.378 e. The number of hydrogen-bond donors (Lipinski definition) is 0. The minimum Gasteiger partial charge on any atom is -0.378 e. The summed E-state index contributed by atoms with van der Waals surface area (Å²) < 4.78 is 43.6. The molecule has 136 valence electrons. The van der Waals surface area contributed by atoms with Crippen LogP contribution < -0.4 is 0 Å². The maximum atomic E-state index is 12.6. The van der Waals surface area contributed by atoms with Crippen molar-refractivity contribution in [3.8, 4) is 0 Å². The van der Waals surface area contributed by atoms with Crippen LogP contribution in [0.5, 0.6) is 0 Å². The van der Waals surface area contributed by atoms with Gasteiger partial charge in [0, 0.05) is 30.5 Å². The van der Waals surface area contributed by atoms with Gasteiger partial charge in [0.15, 0.2) is 0 Å². The van der Waals surface area contributed by atoms with Gasteiger partial charge in [0.05, 0.1) is 19.3 Å². The van der Waals surface area contributed by atoms with E-state index in [1.54, 1.807) is 0 Å². The van der Waals surface area contributed by atoms with Gasteiger partial charge in [0.2, 0.25) is 5.82 Å². The molecule has 2 bridgehead atoms. The van der Waals surface area contributed by atoms with Crippen molar-refractivity contribution in [2.75, 3.05) is 13.2 Å². The summed E-state index contributed by atoms with van der Waals surface area (Å²) in [7, 11) is 0. The molecule has 0 aliphatic carbocycles. The molecule has 2 unspecified atom stereocenters. The van der Waals surface area contributed by atoms with Crippen LogP contribution in [-0.4, -0.2) is 40.2 Å². The Kier molecular flexibility index (Phi) is 4.50. The van der Waals surface area contributed by atoms with E-state index in [9.17, 15) is 13.2 Å². The van der Waals surface area contributed by atoms with Crippen LogP contribution in [0.3, 0.4) is 0 Å². The molecule has 7 heteroatoms. The van der Waals surface area contributed by atoms with E-state index in [-0.39, 0.29) is 12.1 Å². The van der Waals surface area contributed by atoms with Crippen molar-refractivity contribution in [1.29, 1.82) is 0 Å². The third-order valence-electron chi connectivity index (χ3n) is 4.83. The molecule has 2 aliphatic heterocycles. The van der Waals surface area contributed by atoms with Crippen molar-refractivity contribution in [3.63, 3.8) is 0 Å². The quantitative estimate of drug-likeness (QED) is 0.838. The lowest BCUT2D eigenvalue weighted by Crippen LogP contribution is -2.53. The molecule has 4 nitrogen and oxygen atoms in total. The lowest BCUT2D eigenvalue weighted by atomic mass is 9.90. The number of nitrogens with zero attached hydrogens (tertiary/aromatic N) is 3. The molecule has 1 aromatic carbocycles. The minimum atomic E-state index is -4.52. The summed E-state index contributed by atoms with van der Waals surface area (Å²) >= 11 is 0. The number of rotatable bonds is 3. The predicted octanol–water partition coefficient (Wildman–Crippen LogP) is 3.55. The van der Waals surface area contributed by atoms with E-state index in [1.807, 2.05) is 18.2 Å². The third kappa shape index (κ3) is 3.50. The summed E-state index contributed by atoms with van der Waals surface area (Å²) in [5.74, 6) is -1.10. The van der Waals surface area contributed by atoms with Crippen LogP contribution in [0.4, 0.5) is 13.2 Å². The number of hydrogen-bond acceptors (Lipinski definition) is 4. The second kappa shape index (κ2) is 6.81. The van der Waals surface area contributed by atoms with Crippen molar-refractivity contribution in [3.05, 3.63) is 65.8 Å². The van der Waals surface area contributed by atoms with Gasteiger partial charge in [0.25, 0.3) is 0 Å². The fourth-order valence-electron chi connectivity index (χ4n) is 3.56. The van der Waals surface area contributed by atoms with Crippen LogP contribution >= 0.6 is 0 Å². The first-order chi connectivity index (χ1) is 12.5. The molecule has 2 atom stereocenters. The number of alkyl halides is 3. The molecule has 0 N–H and O–H groups in total. The summed E-state index contributed by atoms with van der Waals surface area (Å²) in [5.41, 5.74) is 2.87. The van der Waals surface area contributed by atoms with Gasteiger partial charge < -0.3 is 4.74 Å². The lowest BCUT2D eigenvalue weighted by molar-refractivity contribution is -0.145. The Labute approximate surface area is 149 Å². The van der Waals surface area contributed by atoms with Crippen LogP contribution in [0, 0.1) is 0 Å². The first-order valence-corrected chi connectivity index (χ1v) is 8.48. The Morgan fingerprint density at radius 1 is 1.08 bits per heavy atom. The number of benzene rings is 1. The normalized spacial score (nSPS) is 23.6. The number of morpholine rings is 1. The number of halogens is 3. The van der Waals surface area contributed by atoms with Crippen LogP contribution in [0.1, 0.15) is 23.4 Å². The molecule has 2 aliphatic rings. The van der Waals surface area contributed by atoms with E-state index in [0.717, 1.165) is 12.1 Å². The van der Waals surface area contributed by atoms with Gasteiger partial charge in [-0.15, -0.1) is 0 Å². The summed E-state index contributed by atoms with van der Waals surface area (Å²) in [5, 5.41) is 0. The Morgan fingerprint density at radius 2 is 1.81 bits per heavy atom. The molecule has 0 radical (unpaired) electrons. The molecule has 0 spiro atoms. The maximum absolute atomic E-state index is 12.6. The SMILES string of the molecule is FC(F)(F)c1ncc(C2=CC3COCC(C2)N3Cc2ccccc2)cn1. The highest BCUT2D eigenvalue weighted by Gasteiger charge is 2.36. The topological polar surface area (TPSA) is 38.2 Å². The zero-order valence-electron chi connectivity index (χ0n) is 14.0. The van der Waals surface area contributed by atoms with Crippen LogP contribution in [0.15, 0.2) is 48.8 Å². The zero-order chi connectivity index (χ0) is 18.1. The molecule has 3 heterocycles. The molecule has 0 amide bonds. The second-order valence-electron chi connectivity index (χ2n) is 6.61. The lowest BCUT2D eigenvalue weighted by Gasteiger charge is -2.44. The fourth-order valence-corrected chi connectivity index (χ4v) is 3.56. The summed E-state index contributed by atoms with van der Waals surface area (Å²) in [4.78, 5) is 9.36. The van der Waals surface area contributed by atoms with Gasteiger partial charge in [0.1, 0.15) is 0 Å². The van der Waals surface area contributed by atoms with Gasteiger partial charge in [-0.1, -0.05) is 36.4 Å².